The van der Waals surface area contributed by atoms with Crippen LogP contribution in [0.15, 0.2) is 12.3 Å². The zero-order valence-corrected chi connectivity index (χ0v) is 11.0. The number of aromatic nitrogens is 2. The Labute approximate surface area is 103 Å². The second kappa shape index (κ2) is 5.00. The minimum atomic E-state index is 0.285. The first-order valence-corrected chi connectivity index (χ1v) is 6.33. The minimum Gasteiger partial charge on any atom is -0.352 e. The molecular formula is C13H22N4. The number of likely N-dealkylation sites (N-methyl/N-ethyl adjacent to an activating group) is 1. The van der Waals surface area contributed by atoms with Gasteiger partial charge in [0.05, 0.1) is 0 Å². The van der Waals surface area contributed by atoms with Crippen molar-refractivity contribution in [3.63, 3.8) is 0 Å². The summed E-state index contributed by atoms with van der Waals surface area (Å²) in [7, 11) is 4.34. The van der Waals surface area contributed by atoms with E-state index < -0.39 is 0 Å². The third kappa shape index (κ3) is 2.75. The van der Waals surface area contributed by atoms with Crippen molar-refractivity contribution in [1.82, 2.24) is 14.9 Å². The maximum absolute atomic E-state index is 4.38. The van der Waals surface area contributed by atoms with Crippen LogP contribution >= 0.6 is 0 Å². The van der Waals surface area contributed by atoms with Crippen molar-refractivity contribution in [3.8, 4) is 0 Å². The van der Waals surface area contributed by atoms with Crippen LogP contribution in [-0.4, -0.2) is 41.0 Å². The van der Waals surface area contributed by atoms with Gasteiger partial charge in [-0.1, -0.05) is 12.8 Å². The van der Waals surface area contributed by atoms with E-state index in [1.807, 2.05) is 19.2 Å². The van der Waals surface area contributed by atoms with E-state index in [2.05, 4.69) is 34.3 Å². The second-order valence-corrected chi connectivity index (χ2v) is 5.20. The number of hydrogen-bond acceptors (Lipinski definition) is 4. The van der Waals surface area contributed by atoms with Gasteiger partial charge in [-0.05, 0) is 39.9 Å². The molecule has 1 heterocycles. The van der Waals surface area contributed by atoms with E-state index in [-0.39, 0.29) is 5.54 Å². The Kier molecular flexibility index (Phi) is 3.62. The normalized spacial score (nSPS) is 18.6. The fraction of sp³-hybridized carbons (Fsp3) is 0.692. The lowest BCUT2D eigenvalue weighted by atomic mass is 9.96. The zero-order chi connectivity index (χ0) is 12.3. The Hall–Kier alpha value is -1.16. The molecule has 1 aliphatic carbocycles. The molecule has 0 unspecified atom stereocenters. The quantitative estimate of drug-likeness (QED) is 0.866. The summed E-state index contributed by atoms with van der Waals surface area (Å²) in [4.78, 5) is 11.0. The van der Waals surface area contributed by atoms with Gasteiger partial charge in [0.2, 0.25) is 5.95 Å². The first kappa shape index (κ1) is 12.3. The highest BCUT2D eigenvalue weighted by molar-refractivity contribution is 5.26. The molecule has 0 atom stereocenters. The summed E-state index contributed by atoms with van der Waals surface area (Å²) in [5, 5.41) is 3.39. The minimum absolute atomic E-state index is 0.285. The average Bonchev–Trinajstić information content (AvgIpc) is 2.76. The summed E-state index contributed by atoms with van der Waals surface area (Å²) in [5.41, 5.74) is 1.29. The van der Waals surface area contributed by atoms with Gasteiger partial charge in [-0.2, -0.15) is 0 Å². The molecule has 0 bridgehead atoms. The van der Waals surface area contributed by atoms with Crippen molar-refractivity contribution < 1.29 is 0 Å². The molecule has 1 aromatic heterocycles. The van der Waals surface area contributed by atoms with Crippen molar-refractivity contribution in [1.29, 1.82) is 0 Å². The van der Waals surface area contributed by atoms with Crippen LogP contribution in [0.5, 0.6) is 0 Å². The van der Waals surface area contributed by atoms with E-state index in [4.69, 9.17) is 0 Å². The Morgan fingerprint density at radius 3 is 2.65 bits per heavy atom. The van der Waals surface area contributed by atoms with Gasteiger partial charge >= 0.3 is 0 Å². The molecule has 0 aliphatic heterocycles. The SMILES string of the molecule is Cc1ccnc(NCC2(N(C)C)CCCC2)n1. The third-order valence-corrected chi connectivity index (χ3v) is 3.85. The van der Waals surface area contributed by atoms with Crippen LogP contribution in [0.4, 0.5) is 5.95 Å². The smallest absolute Gasteiger partial charge is 0.222 e. The topological polar surface area (TPSA) is 41.1 Å². The molecule has 17 heavy (non-hydrogen) atoms. The summed E-state index contributed by atoms with van der Waals surface area (Å²) < 4.78 is 0. The maximum Gasteiger partial charge on any atom is 0.222 e. The zero-order valence-electron chi connectivity index (χ0n) is 11.0. The molecule has 0 aromatic carbocycles. The first-order valence-electron chi connectivity index (χ1n) is 6.33. The van der Waals surface area contributed by atoms with Crippen LogP contribution in [-0.2, 0) is 0 Å². The summed E-state index contributed by atoms with van der Waals surface area (Å²) in [6, 6.07) is 1.92. The molecular weight excluding hydrogens is 212 g/mol. The van der Waals surface area contributed by atoms with E-state index in [9.17, 15) is 0 Å². The Morgan fingerprint density at radius 2 is 2.06 bits per heavy atom. The fourth-order valence-corrected chi connectivity index (χ4v) is 2.59. The molecule has 94 valence electrons. The van der Waals surface area contributed by atoms with Crippen molar-refractivity contribution in [2.75, 3.05) is 26.0 Å². The highest BCUT2D eigenvalue weighted by atomic mass is 15.2. The van der Waals surface area contributed by atoms with Crippen LogP contribution in [0.3, 0.4) is 0 Å². The molecule has 1 saturated carbocycles. The Morgan fingerprint density at radius 1 is 1.35 bits per heavy atom. The summed E-state index contributed by atoms with van der Waals surface area (Å²) in [6.45, 7) is 2.92. The largest absolute Gasteiger partial charge is 0.352 e. The van der Waals surface area contributed by atoms with Crippen LogP contribution < -0.4 is 5.32 Å². The van der Waals surface area contributed by atoms with Gasteiger partial charge in [0.15, 0.2) is 0 Å². The monoisotopic (exact) mass is 234 g/mol. The van der Waals surface area contributed by atoms with E-state index in [1.54, 1.807) is 0 Å². The van der Waals surface area contributed by atoms with Gasteiger partial charge in [0, 0.05) is 24.0 Å². The summed E-state index contributed by atoms with van der Waals surface area (Å²) in [6.07, 6.45) is 6.99. The molecule has 0 radical (unpaired) electrons. The maximum atomic E-state index is 4.38. The van der Waals surface area contributed by atoms with E-state index in [1.165, 1.54) is 25.7 Å². The van der Waals surface area contributed by atoms with Crippen LogP contribution in [0.2, 0.25) is 0 Å². The number of rotatable bonds is 4. The molecule has 4 heteroatoms. The average molecular weight is 234 g/mol. The van der Waals surface area contributed by atoms with E-state index in [0.29, 0.717) is 0 Å². The highest BCUT2D eigenvalue weighted by Gasteiger charge is 2.35. The molecule has 2 rings (SSSR count). The van der Waals surface area contributed by atoms with Crippen LogP contribution in [0.25, 0.3) is 0 Å². The van der Waals surface area contributed by atoms with Gasteiger partial charge < -0.3 is 10.2 Å². The molecule has 1 aromatic rings. The fourth-order valence-electron chi connectivity index (χ4n) is 2.59. The van der Waals surface area contributed by atoms with Gasteiger partial charge in [-0.15, -0.1) is 0 Å². The number of hydrogen-bond donors (Lipinski definition) is 1. The predicted molar refractivity (Wildman–Crippen MR) is 70.1 cm³/mol. The van der Waals surface area contributed by atoms with Crippen molar-refractivity contribution in [2.45, 2.75) is 38.1 Å². The lowest BCUT2D eigenvalue weighted by Crippen LogP contribution is -2.47. The van der Waals surface area contributed by atoms with E-state index >= 15 is 0 Å². The molecule has 0 amide bonds. The van der Waals surface area contributed by atoms with Gasteiger partial charge in [-0.25, -0.2) is 9.97 Å². The molecule has 0 saturated heterocycles. The third-order valence-electron chi connectivity index (χ3n) is 3.85. The van der Waals surface area contributed by atoms with Crippen molar-refractivity contribution >= 4 is 5.95 Å². The van der Waals surface area contributed by atoms with Crippen molar-refractivity contribution in [3.05, 3.63) is 18.0 Å². The van der Waals surface area contributed by atoms with E-state index in [0.717, 1.165) is 18.2 Å². The highest BCUT2D eigenvalue weighted by Crippen LogP contribution is 2.33. The second-order valence-electron chi connectivity index (χ2n) is 5.20. The van der Waals surface area contributed by atoms with Gasteiger partial charge in [-0.3, -0.25) is 0 Å². The van der Waals surface area contributed by atoms with Gasteiger partial charge in [0.25, 0.3) is 0 Å². The Bertz CT molecular complexity index is 369. The van der Waals surface area contributed by atoms with Crippen molar-refractivity contribution in [2.24, 2.45) is 0 Å². The molecule has 1 aliphatic rings. The number of nitrogens with one attached hydrogen (secondary N) is 1. The number of aryl methyl sites for hydroxylation is 1. The standard InChI is InChI=1S/C13H22N4/c1-11-6-9-14-12(16-11)15-10-13(17(2)3)7-4-5-8-13/h6,9H,4-5,7-8,10H2,1-3H3,(H,14,15,16). The molecule has 0 spiro atoms. The number of nitrogens with zero attached hydrogens (tertiary/aromatic N) is 3. The lowest BCUT2D eigenvalue weighted by molar-refractivity contribution is 0.172. The van der Waals surface area contributed by atoms with Gasteiger partial charge in [0.1, 0.15) is 0 Å². The lowest BCUT2D eigenvalue weighted by Gasteiger charge is -2.36. The number of anilines is 1. The summed E-state index contributed by atoms with van der Waals surface area (Å²) >= 11 is 0. The molecule has 1 N–H and O–H groups in total. The first-order chi connectivity index (χ1) is 8.12. The molecule has 4 nitrogen and oxygen atoms in total. The van der Waals surface area contributed by atoms with Crippen LogP contribution in [0, 0.1) is 6.92 Å². The summed E-state index contributed by atoms with van der Waals surface area (Å²) in [5.74, 6) is 0.748. The Balaban J connectivity index is 2.01. The van der Waals surface area contributed by atoms with Crippen LogP contribution in [0.1, 0.15) is 31.4 Å². The molecule has 1 fully saturated rings. The predicted octanol–water partition coefficient (Wildman–Crippen LogP) is 2.07.